The predicted molar refractivity (Wildman–Crippen MR) is 63.8 cm³/mol. The Bertz CT molecular complexity index is 207. The van der Waals surface area contributed by atoms with Crippen LogP contribution in [0.2, 0.25) is 0 Å². The molecule has 0 saturated carbocycles. The number of nitrogens with zero attached hydrogens (tertiary/aromatic N) is 2. The third-order valence-electron chi connectivity index (χ3n) is 4.01. The first-order valence-corrected chi connectivity index (χ1v) is 6.39. The Morgan fingerprint density at radius 2 is 2.20 bits per heavy atom. The Labute approximate surface area is 93.6 Å². The highest BCUT2D eigenvalue weighted by molar-refractivity contribution is 4.90. The Morgan fingerprint density at radius 3 is 2.93 bits per heavy atom. The lowest BCUT2D eigenvalue weighted by Crippen LogP contribution is -2.56. The van der Waals surface area contributed by atoms with Gasteiger partial charge in [0.2, 0.25) is 0 Å². The van der Waals surface area contributed by atoms with Crippen LogP contribution in [0.3, 0.4) is 0 Å². The van der Waals surface area contributed by atoms with E-state index in [0.29, 0.717) is 12.0 Å². The highest BCUT2D eigenvalue weighted by Gasteiger charge is 2.34. The Hall–Kier alpha value is -0.120. The van der Waals surface area contributed by atoms with Crippen molar-refractivity contribution in [1.82, 2.24) is 9.80 Å². The van der Waals surface area contributed by atoms with Gasteiger partial charge in [0.15, 0.2) is 0 Å². The van der Waals surface area contributed by atoms with Gasteiger partial charge in [-0.2, -0.15) is 0 Å². The Balaban J connectivity index is 1.89. The maximum absolute atomic E-state index is 5.70. The molecule has 88 valence electrons. The largest absolute Gasteiger partial charge is 0.330 e. The van der Waals surface area contributed by atoms with Crippen LogP contribution in [-0.2, 0) is 0 Å². The number of fused-ring (bicyclic) bond motifs is 1. The van der Waals surface area contributed by atoms with E-state index in [4.69, 9.17) is 5.73 Å². The summed E-state index contributed by atoms with van der Waals surface area (Å²) < 4.78 is 0. The van der Waals surface area contributed by atoms with E-state index in [1.54, 1.807) is 0 Å². The smallest absolute Gasteiger partial charge is 0.0224 e. The summed E-state index contributed by atoms with van der Waals surface area (Å²) in [7, 11) is 0. The van der Waals surface area contributed by atoms with E-state index in [1.165, 1.54) is 39.0 Å². The summed E-state index contributed by atoms with van der Waals surface area (Å²) in [5.41, 5.74) is 5.70. The minimum absolute atomic E-state index is 0.639. The molecule has 2 N–H and O–H groups in total. The van der Waals surface area contributed by atoms with Crippen LogP contribution in [0.1, 0.15) is 26.7 Å². The maximum Gasteiger partial charge on any atom is 0.0224 e. The van der Waals surface area contributed by atoms with Gasteiger partial charge in [0.05, 0.1) is 0 Å². The molecular formula is C12H25N3. The van der Waals surface area contributed by atoms with Crippen molar-refractivity contribution in [2.24, 2.45) is 11.7 Å². The molecule has 2 fully saturated rings. The third-order valence-corrected chi connectivity index (χ3v) is 4.01. The maximum atomic E-state index is 5.70. The Kier molecular flexibility index (Phi) is 3.65. The quantitative estimate of drug-likeness (QED) is 0.748. The second-order valence-electron chi connectivity index (χ2n) is 5.43. The van der Waals surface area contributed by atoms with Gasteiger partial charge in [-0.25, -0.2) is 0 Å². The summed E-state index contributed by atoms with van der Waals surface area (Å²) >= 11 is 0. The van der Waals surface area contributed by atoms with Crippen molar-refractivity contribution in [3.63, 3.8) is 0 Å². The fraction of sp³-hybridized carbons (Fsp3) is 1.00. The lowest BCUT2D eigenvalue weighted by atomic mass is 10.1. The monoisotopic (exact) mass is 211 g/mol. The van der Waals surface area contributed by atoms with Gasteiger partial charge in [-0.05, 0) is 38.8 Å². The molecule has 3 nitrogen and oxygen atoms in total. The van der Waals surface area contributed by atoms with Gasteiger partial charge in [0, 0.05) is 31.7 Å². The van der Waals surface area contributed by atoms with Crippen molar-refractivity contribution in [2.45, 2.75) is 38.8 Å². The highest BCUT2D eigenvalue weighted by Crippen LogP contribution is 2.24. The van der Waals surface area contributed by atoms with E-state index in [0.717, 1.165) is 12.6 Å². The first-order valence-electron chi connectivity index (χ1n) is 6.39. The molecule has 2 rings (SSSR count). The number of piperazine rings is 1. The van der Waals surface area contributed by atoms with E-state index in [9.17, 15) is 0 Å². The lowest BCUT2D eigenvalue weighted by molar-refractivity contribution is 0.0506. The lowest BCUT2D eigenvalue weighted by Gasteiger charge is -2.43. The zero-order chi connectivity index (χ0) is 10.8. The molecule has 0 spiro atoms. The van der Waals surface area contributed by atoms with Gasteiger partial charge in [-0.3, -0.25) is 9.80 Å². The molecule has 15 heavy (non-hydrogen) atoms. The van der Waals surface area contributed by atoms with Gasteiger partial charge in [-0.1, -0.05) is 6.92 Å². The van der Waals surface area contributed by atoms with E-state index in [1.807, 2.05) is 0 Å². The molecule has 0 bridgehead atoms. The minimum Gasteiger partial charge on any atom is -0.330 e. The first-order chi connectivity index (χ1) is 7.20. The zero-order valence-electron chi connectivity index (χ0n) is 10.2. The molecule has 0 aromatic carbocycles. The van der Waals surface area contributed by atoms with Gasteiger partial charge in [-0.15, -0.1) is 0 Å². The van der Waals surface area contributed by atoms with Gasteiger partial charge >= 0.3 is 0 Å². The second-order valence-corrected chi connectivity index (χ2v) is 5.43. The van der Waals surface area contributed by atoms with Crippen LogP contribution in [0.15, 0.2) is 0 Å². The molecule has 2 heterocycles. The van der Waals surface area contributed by atoms with E-state index in [2.05, 4.69) is 23.6 Å². The van der Waals surface area contributed by atoms with Crippen LogP contribution in [0.25, 0.3) is 0 Å². The standard InChI is InChI=1S/C12H25N3/c1-10(6-13)7-15-9-12-4-3-5-14(12)8-11(15)2/h10-12H,3-9,13H2,1-2H3. The summed E-state index contributed by atoms with van der Waals surface area (Å²) in [4.78, 5) is 5.32. The SMILES string of the molecule is CC(CN)CN1CC2CCCN2CC1C. The van der Waals surface area contributed by atoms with Crippen LogP contribution >= 0.6 is 0 Å². The molecule has 3 heteroatoms. The molecule has 0 amide bonds. The summed E-state index contributed by atoms with van der Waals surface area (Å²) in [5, 5.41) is 0. The normalized spacial score (nSPS) is 35.4. The number of hydrogen-bond acceptors (Lipinski definition) is 3. The van der Waals surface area contributed by atoms with E-state index < -0.39 is 0 Å². The molecule has 3 unspecified atom stereocenters. The van der Waals surface area contributed by atoms with E-state index >= 15 is 0 Å². The summed E-state index contributed by atoms with van der Waals surface area (Å²) in [5.74, 6) is 0.639. The third kappa shape index (κ3) is 2.52. The average molecular weight is 211 g/mol. The molecule has 2 aliphatic heterocycles. The average Bonchev–Trinajstić information content (AvgIpc) is 2.65. The van der Waals surface area contributed by atoms with Crippen LogP contribution in [0, 0.1) is 5.92 Å². The molecule has 0 aromatic heterocycles. The topological polar surface area (TPSA) is 32.5 Å². The summed E-state index contributed by atoms with van der Waals surface area (Å²) in [6.45, 7) is 10.5. The fourth-order valence-electron chi connectivity index (χ4n) is 2.98. The molecule has 0 aromatic rings. The summed E-state index contributed by atoms with van der Waals surface area (Å²) in [6, 6.07) is 1.56. The summed E-state index contributed by atoms with van der Waals surface area (Å²) in [6.07, 6.45) is 2.80. The highest BCUT2D eigenvalue weighted by atomic mass is 15.3. The molecule has 0 aliphatic carbocycles. The molecule has 3 atom stereocenters. The zero-order valence-corrected chi connectivity index (χ0v) is 10.2. The van der Waals surface area contributed by atoms with Crippen LogP contribution < -0.4 is 5.73 Å². The molecule has 0 radical (unpaired) electrons. The van der Waals surface area contributed by atoms with E-state index in [-0.39, 0.29) is 0 Å². The predicted octanol–water partition coefficient (Wildman–Crippen LogP) is 0.750. The van der Waals surface area contributed by atoms with Gasteiger partial charge < -0.3 is 5.73 Å². The van der Waals surface area contributed by atoms with Crippen molar-refractivity contribution in [3.8, 4) is 0 Å². The van der Waals surface area contributed by atoms with Gasteiger partial charge in [0.1, 0.15) is 0 Å². The van der Waals surface area contributed by atoms with Crippen molar-refractivity contribution in [3.05, 3.63) is 0 Å². The number of nitrogens with two attached hydrogens (primary N) is 1. The molecule has 2 aliphatic rings. The van der Waals surface area contributed by atoms with Crippen molar-refractivity contribution < 1.29 is 0 Å². The van der Waals surface area contributed by atoms with Crippen molar-refractivity contribution in [2.75, 3.05) is 32.7 Å². The Morgan fingerprint density at radius 1 is 1.40 bits per heavy atom. The second kappa shape index (κ2) is 4.81. The van der Waals surface area contributed by atoms with Crippen molar-refractivity contribution in [1.29, 1.82) is 0 Å². The van der Waals surface area contributed by atoms with Gasteiger partial charge in [0.25, 0.3) is 0 Å². The minimum atomic E-state index is 0.639. The number of hydrogen-bond donors (Lipinski definition) is 1. The fourth-order valence-corrected chi connectivity index (χ4v) is 2.98. The van der Waals surface area contributed by atoms with Crippen molar-refractivity contribution >= 4 is 0 Å². The molecule has 2 saturated heterocycles. The number of rotatable bonds is 3. The van der Waals surface area contributed by atoms with Crippen LogP contribution in [0.5, 0.6) is 0 Å². The first kappa shape index (κ1) is 11.4. The van der Waals surface area contributed by atoms with Crippen LogP contribution in [0.4, 0.5) is 0 Å². The van der Waals surface area contributed by atoms with Crippen LogP contribution in [-0.4, -0.2) is 54.6 Å². The molecular weight excluding hydrogens is 186 g/mol.